The fourth-order valence-electron chi connectivity index (χ4n) is 3.15. The molecule has 2 N–H and O–H groups in total. The van der Waals surface area contributed by atoms with Crippen LogP contribution in [0.15, 0.2) is 107 Å². The van der Waals surface area contributed by atoms with Gasteiger partial charge in [-0.3, -0.25) is 19.6 Å². The zero-order valence-corrected chi connectivity index (χ0v) is 24.4. The fourth-order valence-corrected chi connectivity index (χ4v) is 3.15. The number of nitrogens with zero attached hydrogens (tertiary/aromatic N) is 2. The summed E-state index contributed by atoms with van der Waals surface area (Å²) in [5.74, 6) is -0.654. The summed E-state index contributed by atoms with van der Waals surface area (Å²) in [6, 6.07) is 28.1. The van der Waals surface area contributed by atoms with Gasteiger partial charge in [-0.2, -0.15) is 0 Å². The van der Waals surface area contributed by atoms with Crippen molar-refractivity contribution in [1.82, 2.24) is 0 Å². The number of carboxylic acids is 2. The molecule has 4 aromatic carbocycles. The van der Waals surface area contributed by atoms with Crippen LogP contribution in [0.5, 0.6) is 23.0 Å². The minimum absolute atomic E-state index is 0. The summed E-state index contributed by atoms with van der Waals surface area (Å²) in [5.41, 5.74) is 2.26. The third-order valence-corrected chi connectivity index (χ3v) is 4.85. The Labute approximate surface area is 259 Å². The van der Waals surface area contributed by atoms with Crippen molar-refractivity contribution >= 4 is 35.7 Å². The largest absolute Gasteiger partial charge is 2.00 e. The normalized spacial score (nSPS) is 10.0. The van der Waals surface area contributed by atoms with Gasteiger partial charge in [-0.05, 0) is 36.4 Å². The Kier molecular flexibility index (Phi) is 16.6. The number of carboxylic acid groups (broad SMARTS) is 2. The van der Waals surface area contributed by atoms with E-state index in [9.17, 15) is 10.2 Å². The van der Waals surface area contributed by atoms with Gasteiger partial charge >= 0.3 is 16.8 Å². The molecule has 0 unspecified atom stereocenters. The Morgan fingerprint density at radius 2 is 0.930 bits per heavy atom. The SMILES string of the molecule is CC(=O)O.CC(=O)O.[Co+2].[O-]c1ccccc1N=Cc1ccccc1OCCOc1ccccc1C=Nc1ccccc1[O-]. The molecule has 0 bridgehead atoms. The van der Waals surface area contributed by atoms with Gasteiger partial charge in [0.1, 0.15) is 24.7 Å². The van der Waals surface area contributed by atoms with Crippen LogP contribution in [0.4, 0.5) is 11.4 Å². The maximum atomic E-state index is 11.9. The van der Waals surface area contributed by atoms with Crippen molar-refractivity contribution in [3.05, 3.63) is 108 Å². The van der Waals surface area contributed by atoms with Gasteiger partial charge in [0, 0.05) is 37.4 Å². The molecule has 0 spiro atoms. The number of aliphatic imine (C=N–C) groups is 2. The van der Waals surface area contributed by atoms with Crippen LogP contribution in [0.1, 0.15) is 25.0 Å². The average molecular weight is 630 g/mol. The van der Waals surface area contributed by atoms with E-state index in [1.165, 1.54) is 12.1 Å². The number of carbonyl (C=O) groups is 2. The summed E-state index contributed by atoms with van der Waals surface area (Å²) in [5, 5.41) is 38.5. The number of para-hydroxylation sites is 6. The molecule has 0 amide bonds. The topological polar surface area (TPSA) is 164 Å². The number of hydrogen-bond acceptors (Lipinski definition) is 8. The van der Waals surface area contributed by atoms with Crippen molar-refractivity contribution in [2.24, 2.45) is 9.98 Å². The third kappa shape index (κ3) is 14.4. The summed E-state index contributed by atoms with van der Waals surface area (Å²) in [4.78, 5) is 26.6. The van der Waals surface area contributed by atoms with E-state index in [0.29, 0.717) is 36.1 Å². The molecule has 0 aliphatic rings. The molecule has 0 aliphatic heterocycles. The van der Waals surface area contributed by atoms with Crippen LogP contribution in [-0.4, -0.2) is 47.8 Å². The minimum atomic E-state index is -0.833. The van der Waals surface area contributed by atoms with Crippen LogP contribution in [0.3, 0.4) is 0 Å². The predicted octanol–water partition coefficient (Wildman–Crippen LogP) is 4.97. The van der Waals surface area contributed by atoms with Crippen LogP contribution in [0.2, 0.25) is 0 Å². The number of rotatable bonds is 9. The van der Waals surface area contributed by atoms with Crippen LogP contribution >= 0.6 is 0 Å². The van der Waals surface area contributed by atoms with Crippen molar-refractivity contribution < 1.29 is 56.3 Å². The van der Waals surface area contributed by atoms with E-state index in [4.69, 9.17) is 29.3 Å². The van der Waals surface area contributed by atoms with Gasteiger partial charge in [-0.15, -0.1) is 0 Å². The first-order valence-electron chi connectivity index (χ1n) is 12.6. The number of benzene rings is 4. The monoisotopic (exact) mass is 629 g/mol. The van der Waals surface area contributed by atoms with Gasteiger partial charge in [0.2, 0.25) is 0 Å². The third-order valence-electron chi connectivity index (χ3n) is 4.85. The molecule has 10 nitrogen and oxygen atoms in total. The van der Waals surface area contributed by atoms with Gasteiger partial charge in [-0.1, -0.05) is 72.2 Å². The zero-order valence-electron chi connectivity index (χ0n) is 23.4. The van der Waals surface area contributed by atoms with Crippen molar-refractivity contribution in [2.75, 3.05) is 13.2 Å². The second-order valence-corrected chi connectivity index (χ2v) is 8.26. The Balaban J connectivity index is 0.000000917. The van der Waals surface area contributed by atoms with Gasteiger partial charge in [0.25, 0.3) is 11.9 Å². The molecule has 11 heteroatoms. The molecule has 4 rings (SSSR count). The summed E-state index contributed by atoms with van der Waals surface area (Å²) in [7, 11) is 0. The molecule has 0 atom stereocenters. The first kappa shape index (κ1) is 35.9. The molecule has 0 saturated heterocycles. The molecule has 1 radical (unpaired) electrons. The van der Waals surface area contributed by atoms with E-state index in [-0.39, 0.29) is 28.3 Å². The molecule has 4 aromatic rings. The maximum absolute atomic E-state index is 11.9. The first-order chi connectivity index (χ1) is 20.2. The Hall–Kier alpha value is -5.13. The Morgan fingerprint density at radius 3 is 1.28 bits per heavy atom. The molecule has 0 saturated carbocycles. The van der Waals surface area contributed by atoms with E-state index in [1.54, 1.807) is 48.8 Å². The minimum Gasteiger partial charge on any atom is -0.871 e. The van der Waals surface area contributed by atoms with Crippen molar-refractivity contribution in [3.63, 3.8) is 0 Å². The van der Waals surface area contributed by atoms with Crippen molar-refractivity contribution in [3.8, 4) is 23.0 Å². The van der Waals surface area contributed by atoms with Crippen molar-refractivity contribution in [2.45, 2.75) is 13.8 Å². The molecule has 0 fully saturated rings. The summed E-state index contributed by atoms with van der Waals surface area (Å²) in [6.07, 6.45) is 3.24. The average Bonchev–Trinajstić information content (AvgIpc) is 2.95. The van der Waals surface area contributed by atoms with Crippen LogP contribution < -0.4 is 19.7 Å². The zero-order chi connectivity index (χ0) is 30.7. The van der Waals surface area contributed by atoms with Crippen LogP contribution in [0.25, 0.3) is 0 Å². The van der Waals surface area contributed by atoms with Gasteiger partial charge in [0.15, 0.2) is 0 Å². The van der Waals surface area contributed by atoms with Gasteiger partial charge < -0.3 is 29.9 Å². The maximum Gasteiger partial charge on any atom is 2.00 e. The summed E-state index contributed by atoms with van der Waals surface area (Å²) >= 11 is 0. The van der Waals surface area contributed by atoms with E-state index < -0.39 is 11.9 Å². The second-order valence-electron chi connectivity index (χ2n) is 8.26. The van der Waals surface area contributed by atoms with Gasteiger partial charge in [0.05, 0.1) is 11.4 Å². The number of hydrogen-bond donors (Lipinski definition) is 2. The predicted molar refractivity (Wildman–Crippen MR) is 157 cm³/mol. The Morgan fingerprint density at radius 1 is 0.628 bits per heavy atom. The van der Waals surface area contributed by atoms with E-state index >= 15 is 0 Å². The molecule has 0 heterocycles. The van der Waals surface area contributed by atoms with E-state index in [1.807, 2.05) is 48.5 Å². The van der Waals surface area contributed by atoms with E-state index in [0.717, 1.165) is 25.0 Å². The summed E-state index contributed by atoms with van der Waals surface area (Å²) < 4.78 is 11.8. The number of ether oxygens (including phenoxy) is 2. The van der Waals surface area contributed by atoms with E-state index in [2.05, 4.69) is 9.98 Å². The fraction of sp³-hybridized carbons (Fsp3) is 0.125. The quantitative estimate of drug-likeness (QED) is 0.194. The molecular formula is C32H30CoN2O8. The molecular weight excluding hydrogens is 599 g/mol. The van der Waals surface area contributed by atoms with Gasteiger partial charge in [-0.25, -0.2) is 0 Å². The van der Waals surface area contributed by atoms with Crippen LogP contribution in [0, 0.1) is 0 Å². The molecule has 0 aliphatic carbocycles. The molecule has 0 aromatic heterocycles. The first-order valence-corrected chi connectivity index (χ1v) is 12.6. The summed E-state index contributed by atoms with van der Waals surface area (Å²) in [6.45, 7) is 2.77. The van der Waals surface area contributed by atoms with Crippen LogP contribution in [-0.2, 0) is 26.4 Å². The smallest absolute Gasteiger partial charge is 0.871 e. The number of aliphatic carboxylic acids is 2. The molecule has 225 valence electrons. The Bertz CT molecular complexity index is 1390. The van der Waals surface area contributed by atoms with Crippen molar-refractivity contribution in [1.29, 1.82) is 0 Å². The standard InChI is InChI=1S/C28H24N2O4.2C2H4O2.Co/c31-25-13-5-3-11-23(25)29-19-21-9-1-7-15-27(21)33-17-18-34-28-16-8-2-10-22(28)20-30-24-12-4-6-14-26(24)32;2*1-2(3)4;/h1-16,19-20,31-32H,17-18H2;2*1H3,(H,3,4);/q;;;+2/p-2. The second kappa shape index (κ2) is 19.9. The molecule has 43 heavy (non-hydrogen) atoms.